The van der Waals surface area contributed by atoms with Crippen molar-refractivity contribution in [1.29, 1.82) is 0 Å². The summed E-state index contributed by atoms with van der Waals surface area (Å²) in [5, 5.41) is 0. The van der Waals surface area contributed by atoms with Crippen LogP contribution in [0.1, 0.15) is 19.3 Å². The molecule has 13 heavy (non-hydrogen) atoms. The fourth-order valence-corrected chi connectivity index (χ4v) is 1.88. The molecule has 0 N–H and O–H groups in total. The van der Waals surface area contributed by atoms with Crippen molar-refractivity contribution in [3.8, 4) is 0 Å². The molecule has 3 unspecified atom stereocenters. The van der Waals surface area contributed by atoms with Crippen molar-refractivity contribution in [3.63, 3.8) is 0 Å². The molecule has 2 rings (SSSR count). The van der Waals surface area contributed by atoms with Gasteiger partial charge >= 0.3 is 0 Å². The second-order valence-electron chi connectivity index (χ2n) is 3.75. The molecule has 3 heteroatoms. The smallest absolute Gasteiger partial charge is 0.100 e. The van der Waals surface area contributed by atoms with E-state index in [1.54, 1.807) is 6.08 Å². The van der Waals surface area contributed by atoms with Gasteiger partial charge in [0.25, 0.3) is 0 Å². The van der Waals surface area contributed by atoms with Gasteiger partial charge in [-0.25, -0.2) is 9.78 Å². The van der Waals surface area contributed by atoms with Crippen LogP contribution in [0.3, 0.4) is 0 Å². The first-order valence-electron chi connectivity index (χ1n) is 4.91. The van der Waals surface area contributed by atoms with E-state index in [9.17, 15) is 0 Å². The highest BCUT2D eigenvalue weighted by Gasteiger charge is 2.43. The lowest BCUT2D eigenvalue weighted by Gasteiger charge is -2.17. The zero-order chi connectivity index (χ0) is 9.10. The largest absolute Gasteiger partial charge is 0.370 e. The van der Waals surface area contributed by atoms with Crippen molar-refractivity contribution in [2.45, 2.75) is 31.5 Å². The molecule has 0 bridgehead atoms. The fourth-order valence-electron chi connectivity index (χ4n) is 1.88. The molecule has 1 saturated heterocycles. The van der Waals surface area contributed by atoms with Gasteiger partial charge in [-0.05, 0) is 25.2 Å². The van der Waals surface area contributed by atoms with E-state index in [4.69, 9.17) is 14.5 Å². The predicted molar refractivity (Wildman–Crippen MR) is 48.1 cm³/mol. The minimum absolute atomic E-state index is 0.468. The van der Waals surface area contributed by atoms with E-state index in [0.29, 0.717) is 31.3 Å². The third-order valence-electron chi connectivity index (χ3n) is 2.69. The average molecular weight is 184 g/mol. The minimum atomic E-state index is 0.468. The Morgan fingerprint density at radius 2 is 2.23 bits per heavy atom. The SMILES string of the molecule is C=CCOOCC1CCC2OC2C1. The summed E-state index contributed by atoms with van der Waals surface area (Å²) in [6.45, 7) is 4.70. The number of hydrogen-bond acceptors (Lipinski definition) is 3. The Balaban J connectivity index is 1.56. The fraction of sp³-hybridized carbons (Fsp3) is 0.800. The average Bonchev–Trinajstić information content (AvgIpc) is 2.90. The van der Waals surface area contributed by atoms with Crippen molar-refractivity contribution in [3.05, 3.63) is 12.7 Å². The molecule has 3 atom stereocenters. The quantitative estimate of drug-likeness (QED) is 0.214. The van der Waals surface area contributed by atoms with Crippen LogP contribution >= 0.6 is 0 Å². The maximum atomic E-state index is 5.42. The highest BCUT2D eigenvalue weighted by atomic mass is 17.2. The van der Waals surface area contributed by atoms with Crippen LogP contribution in [0.25, 0.3) is 0 Å². The van der Waals surface area contributed by atoms with Gasteiger partial charge in [0.2, 0.25) is 0 Å². The highest BCUT2D eigenvalue weighted by Crippen LogP contribution is 2.39. The molecule has 2 aliphatic rings. The predicted octanol–water partition coefficient (Wildman–Crippen LogP) is 1.69. The zero-order valence-corrected chi connectivity index (χ0v) is 7.78. The van der Waals surface area contributed by atoms with Crippen LogP contribution in [0.2, 0.25) is 0 Å². The summed E-state index contributed by atoms with van der Waals surface area (Å²) in [6.07, 6.45) is 6.33. The van der Waals surface area contributed by atoms with Crippen LogP contribution in [0.15, 0.2) is 12.7 Å². The van der Waals surface area contributed by atoms with Crippen molar-refractivity contribution in [1.82, 2.24) is 0 Å². The first kappa shape index (κ1) is 9.19. The van der Waals surface area contributed by atoms with Crippen LogP contribution in [0, 0.1) is 5.92 Å². The van der Waals surface area contributed by atoms with Crippen LogP contribution in [0.5, 0.6) is 0 Å². The number of fused-ring (bicyclic) bond motifs is 1. The van der Waals surface area contributed by atoms with E-state index >= 15 is 0 Å². The van der Waals surface area contributed by atoms with Crippen LogP contribution in [-0.2, 0) is 14.5 Å². The van der Waals surface area contributed by atoms with Gasteiger partial charge in [0.1, 0.15) is 6.61 Å². The van der Waals surface area contributed by atoms with E-state index < -0.39 is 0 Å². The van der Waals surface area contributed by atoms with Gasteiger partial charge in [0, 0.05) is 0 Å². The molecule has 1 aliphatic carbocycles. The first-order valence-corrected chi connectivity index (χ1v) is 4.91. The standard InChI is InChI=1S/C10H16O3/c1-2-5-11-12-7-8-3-4-9-10(6-8)13-9/h2,8-10H,1,3-7H2. The molecule has 3 nitrogen and oxygen atoms in total. The molecule has 0 amide bonds. The highest BCUT2D eigenvalue weighted by molar-refractivity contribution is 4.91. The van der Waals surface area contributed by atoms with E-state index in [0.717, 1.165) is 6.42 Å². The van der Waals surface area contributed by atoms with Crippen molar-refractivity contribution >= 4 is 0 Å². The molecule has 74 valence electrons. The Morgan fingerprint density at radius 1 is 1.31 bits per heavy atom. The molecule has 2 fully saturated rings. The van der Waals surface area contributed by atoms with Gasteiger partial charge in [-0.3, -0.25) is 0 Å². The summed E-state index contributed by atoms with van der Waals surface area (Å²) in [6, 6.07) is 0. The van der Waals surface area contributed by atoms with Crippen molar-refractivity contribution in [2.75, 3.05) is 13.2 Å². The number of ether oxygens (including phenoxy) is 1. The zero-order valence-electron chi connectivity index (χ0n) is 7.78. The summed E-state index contributed by atoms with van der Waals surface area (Å²) >= 11 is 0. The molecule has 1 aliphatic heterocycles. The van der Waals surface area contributed by atoms with E-state index in [2.05, 4.69) is 6.58 Å². The Bertz CT molecular complexity index is 181. The van der Waals surface area contributed by atoms with E-state index in [-0.39, 0.29) is 0 Å². The number of rotatable bonds is 5. The molecule has 0 radical (unpaired) electrons. The third kappa shape index (κ3) is 2.53. The number of hydrogen-bond donors (Lipinski definition) is 0. The van der Waals surface area contributed by atoms with Gasteiger partial charge in [-0.1, -0.05) is 6.08 Å². The molecular formula is C10H16O3. The van der Waals surface area contributed by atoms with Gasteiger partial charge in [0.15, 0.2) is 0 Å². The molecule has 0 aromatic carbocycles. The van der Waals surface area contributed by atoms with Gasteiger partial charge < -0.3 is 4.74 Å². The summed E-state index contributed by atoms with van der Waals surface area (Å²) < 4.78 is 5.42. The van der Waals surface area contributed by atoms with Crippen molar-refractivity contribution < 1.29 is 14.5 Å². The summed E-state index contributed by atoms with van der Waals surface area (Å²) in [5.74, 6) is 0.619. The summed E-state index contributed by atoms with van der Waals surface area (Å²) in [4.78, 5) is 9.93. The van der Waals surface area contributed by atoms with E-state index in [1.165, 1.54) is 12.8 Å². The molecule has 1 heterocycles. The first-order chi connectivity index (χ1) is 6.40. The maximum absolute atomic E-state index is 5.42. The topological polar surface area (TPSA) is 31.0 Å². The maximum Gasteiger partial charge on any atom is 0.100 e. The van der Waals surface area contributed by atoms with Gasteiger partial charge in [-0.2, -0.15) is 0 Å². The van der Waals surface area contributed by atoms with Gasteiger partial charge in [-0.15, -0.1) is 6.58 Å². The molecular weight excluding hydrogens is 168 g/mol. The Hall–Kier alpha value is -0.380. The Labute approximate surface area is 78.6 Å². The second kappa shape index (κ2) is 4.22. The monoisotopic (exact) mass is 184 g/mol. The summed E-state index contributed by atoms with van der Waals surface area (Å²) in [5.41, 5.74) is 0. The lowest BCUT2D eigenvalue weighted by molar-refractivity contribution is -0.294. The normalized spacial score (nSPS) is 36.8. The molecule has 1 saturated carbocycles. The lowest BCUT2D eigenvalue weighted by Crippen LogP contribution is -2.18. The minimum Gasteiger partial charge on any atom is -0.370 e. The second-order valence-corrected chi connectivity index (χ2v) is 3.75. The number of epoxide rings is 1. The Morgan fingerprint density at radius 3 is 3.00 bits per heavy atom. The third-order valence-corrected chi connectivity index (χ3v) is 2.69. The lowest BCUT2D eigenvalue weighted by atomic mass is 9.90. The van der Waals surface area contributed by atoms with E-state index in [1.807, 2.05) is 0 Å². The van der Waals surface area contributed by atoms with Crippen molar-refractivity contribution in [2.24, 2.45) is 5.92 Å². The molecule has 0 spiro atoms. The van der Waals surface area contributed by atoms with Crippen LogP contribution in [-0.4, -0.2) is 25.4 Å². The molecule has 0 aromatic heterocycles. The molecule has 0 aromatic rings. The van der Waals surface area contributed by atoms with Gasteiger partial charge in [0.05, 0.1) is 18.8 Å². The Kier molecular flexibility index (Phi) is 2.98. The van der Waals surface area contributed by atoms with Crippen LogP contribution in [0.4, 0.5) is 0 Å². The van der Waals surface area contributed by atoms with Crippen LogP contribution < -0.4 is 0 Å². The summed E-state index contributed by atoms with van der Waals surface area (Å²) in [7, 11) is 0.